The van der Waals surface area contributed by atoms with Gasteiger partial charge in [0.2, 0.25) is 11.9 Å². The Bertz CT molecular complexity index is 912. The summed E-state index contributed by atoms with van der Waals surface area (Å²) in [5, 5.41) is 3.04. The zero-order valence-corrected chi connectivity index (χ0v) is 14.2. The first kappa shape index (κ1) is 16.3. The van der Waals surface area contributed by atoms with Gasteiger partial charge in [-0.1, -0.05) is 18.2 Å². The van der Waals surface area contributed by atoms with E-state index in [0.29, 0.717) is 24.0 Å². The van der Waals surface area contributed by atoms with Gasteiger partial charge in [0, 0.05) is 17.9 Å². The van der Waals surface area contributed by atoms with Gasteiger partial charge in [0.1, 0.15) is 5.82 Å². The molecule has 2 heterocycles. The number of aryl methyl sites for hydroxylation is 1. The van der Waals surface area contributed by atoms with Crippen molar-refractivity contribution in [3.63, 3.8) is 0 Å². The first-order valence-corrected chi connectivity index (χ1v) is 8.53. The van der Waals surface area contributed by atoms with Crippen molar-refractivity contribution >= 4 is 23.3 Å². The van der Waals surface area contributed by atoms with Crippen LogP contribution in [-0.4, -0.2) is 21.5 Å². The molecule has 0 bridgehead atoms. The van der Waals surface area contributed by atoms with Crippen molar-refractivity contribution in [1.82, 2.24) is 15.0 Å². The monoisotopic (exact) mass is 350 g/mol. The number of nitrogens with one attached hydrogen (secondary N) is 1. The summed E-state index contributed by atoms with van der Waals surface area (Å²) < 4.78 is 13.0. The summed E-state index contributed by atoms with van der Waals surface area (Å²) in [5.41, 5.74) is 9.09. The normalized spacial score (nSPS) is 13.3. The molecule has 0 fully saturated rings. The molecule has 0 atom stereocenters. The third-order valence-electron chi connectivity index (χ3n) is 4.34. The summed E-state index contributed by atoms with van der Waals surface area (Å²) in [6.07, 6.45) is 2.18. The highest BCUT2D eigenvalue weighted by atomic mass is 19.1. The second-order valence-corrected chi connectivity index (χ2v) is 6.22. The lowest BCUT2D eigenvalue weighted by Gasteiger charge is -2.30. The lowest BCUT2D eigenvalue weighted by atomic mass is 10.0. The predicted octanol–water partition coefficient (Wildman–Crippen LogP) is 3.29. The summed E-state index contributed by atoms with van der Waals surface area (Å²) >= 11 is 0. The molecule has 2 aromatic carbocycles. The van der Waals surface area contributed by atoms with E-state index >= 15 is 0 Å². The van der Waals surface area contributed by atoms with Gasteiger partial charge in [-0.3, -0.25) is 0 Å². The standard InChI is InChI=1S/C19H19FN6/c20-14-7-9-15(10-8-14)22-19-24-17(23-18(21)25-19)12-26-11-3-5-13-4-1-2-6-16(13)26/h1-2,4,6-10H,3,5,11-12H2,(H3,21,22,23,24,25). The first-order chi connectivity index (χ1) is 12.7. The fourth-order valence-corrected chi connectivity index (χ4v) is 3.17. The maximum atomic E-state index is 13.0. The van der Waals surface area contributed by atoms with Gasteiger partial charge in [-0.15, -0.1) is 0 Å². The third kappa shape index (κ3) is 3.56. The minimum absolute atomic E-state index is 0.157. The van der Waals surface area contributed by atoms with Gasteiger partial charge < -0.3 is 16.0 Å². The second kappa shape index (κ2) is 6.95. The molecule has 132 valence electrons. The Balaban J connectivity index is 1.56. The van der Waals surface area contributed by atoms with Crippen LogP contribution in [0, 0.1) is 5.82 Å². The van der Waals surface area contributed by atoms with E-state index in [0.717, 1.165) is 19.4 Å². The molecule has 0 radical (unpaired) electrons. The number of hydrogen-bond acceptors (Lipinski definition) is 6. The number of nitrogen functional groups attached to an aromatic ring is 1. The number of anilines is 4. The quantitative estimate of drug-likeness (QED) is 0.752. The highest BCUT2D eigenvalue weighted by molar-refractivity contribution is 5.56. The fraction of sp³-hybridized carbons (Fsp3) is 0.211. The molecule has 3 aromatic rings. The molecule has 3 N–H and O–H groups in total. The van der Waals surface area contributed by atoms with Gasteiger partial charge in [-0.2, -0.15) is 15.0 Å². The number of halogens is 1. The summed E-state index contributed by atoms with van der Waals surface area (Å²) in [7, 11) is 0. The van der Waals surface area contributed by atoms with Gasteiger partial charge in [-0.05, 0) is 48.7 Å². The first-order valence-electron chi connectivity index (χ1n) is 8.53. The molecule has 0 saturated carbocycles. The molecule has 1 aliphatic rings. The largest absolute Gasteiger partial charge is 0.368 e. The molecule has 7 heteroatoms. The number of para-hydroxylation sites is 1. The zero-order chi connectivity index (χ0) is 17.9. The molecular weight excluding hydrogens is 331 g/mol. The molecule has 0 amide bonds. The van der Waals surface area contributed by atoms with Crippen molar-refractivity contribution in [2.24, 2.45) is 0 Å². The molecule has 26 heavy (non-hydrogen) atoms. The molecule has 1 aliphatic heterocycles. The molecular formula is C19H19FN6. The Kier molecular flexibility index (Phi) is 4.35. The van der Waals surface area contributed by atoms with E-state index in [-0.39, 0.29) is 11.8 Å². The van der Waals surface area contributed by atoms with Crippen LogP contribution in [0.25, 0.3) is 0 Å². The van der Waals surface area contributed by atoms with E-state index in [9.17, 15) is 4.39 Å². The lowest BCUT2D eigenvalue weighted by molar-refractivity contribution is 0.628. The molecule has 1 aromatic heterocycles. The Morgan fingerprint density at radius 3 is 2.69 bits per heavy atom. The van der Waals surface area contributed by atoms with Gasteiger partial charge >= 0.3 is 0 Å². The van der Waals surface area contributed by atoms with Crippen molar-refractivity contribution in [2.45, 2.75) is 19.4 Å². The number of hydrogen-bond donors (Lipinski definition) is 2. The smallest absolute Gasteiger partial charge is 0.232 e. The van der Waals surface area contributed by atoms with Crippen molar-refractivity contribution < 1.29 is 4.39 Å². The minimum Gasteiger partial charge on any atom is -0.368 e. The van der Waals surface area contributed by atoms with E-state index in [1.165, 1.54) is 23.4 Å². The molecule has 4 rings (SSSR count). The Hall–Kier alpha value is -3.22. The molecule has 0 aliphatic carbocycles. The van der Waals surface area contributed by atoms with Crippen molar-refractivity contribution in [1.29, 1.82) is 0 Å². The fourth-order valence-electron chi connectivity index (χ4n) is 3.17. The molecule has 6 nitrogen and oxygen atoms in total. The average Bonchev–Trinajstić information content (AvgIpc) is 2.64. The Morgan fingerprint density at radius 2 is 1.85 bits per heavy atom. The number of rotatable bonds is 4. The van der Waals surface area contributed by atoms with Gasteiger partial charge in [-0.25, -0.2) is 4.39 Å². The van der Waals surface area contributed by atoms with Crippen LogP contribution in [0.1, 0.15) is 17.8 Å². The van der Waals surface area contributed by atoms with Gasteiger partial charge in [0.25, 0.3) is 0 Å². The number of nitrogens with zero attached hydrogens (tertiary/aromatic N) is 4. The van der Waals surface area contributed by atoms with E-state index < -0.39 is 0 Å². The number of aromatic nitrogens is 3. The van der Waals surface area contributed by atoms with Crippen LogP contribution in [0.4, 0.5) is 27.7 Å². The highest BCUT2D eigenvalue weighted by Gasteiger charge is 2.18. The van der Waals surface area contributed by atoms with E-state index in [2.05, 4.69) is 43.4 Å². The average molecular weight is 350 g/mol. The van der Waals surface area contributed by atoms with Crippen LogP contribution >= 0.6 is 0 Å². The molecule has 0 saturated heterocycles. The van der Waals surface area contributed by atoms with E-state index in [4.69, 9.17) is 5.73 Å². The number of nitrogens with two attached hydrogens (primary N) is 1. The summed E-state index contributed by atoms with van der Waals surface area (Å²) in [6.45, 7) is 1.51. The van der Waals surface area contributed by atoms with Crippen molar-refractivity contribution in [2.75, 3.05) is 22.5 Å². The Morgan fingerprint density at radius 1 is 1.04 bits per heavy atom. The van der Waals surface area contributed by atoms with Gasteiger partial charge in [0.15, 0.2) is 5.82 Å². The van der Waals surface area contributed by atoms with Gasteiger partial charge in [0.05, 0.1) is 6.54 Å². The second-order valence-electron chi connectivity index (χ2n) is 6.22. The SMILES string of the molecule is Nc1nc(CN2CCCc3ccccc32)nc(Nc2ccc(F)cc2)n1. The summed E-state index contributed by atoms with van der Waals surface area (Å²) in [5.74, 6) is 0.809. The van der Waals surface area contributed by atoms with E-state index in [1.54, 1.807) is 12.1 Å². The van der Waals surface area contributed by atoms with Crippen LogP contribution < -0.4 is 16.0 Å². The number of benzene rings is 2. The van der Waals surface area contributed by atoms with Crippen LogP contribution in [0.3, 0.4) is 0 Å². The Labute approximate surface area is 150 Å². The third-order valence-corrected chi connectivity index (χ3v) is 4.34. The molecule has 0 unspecified atom stereocenters. The predicted molar refractivity (Wildman–Crippen MR) is 99.7 cm³/mol. The maximum Gasteiger partial charge on any atom is 0.232 e. The number of fused-ring (bicyclic) bond motifs is 1. The highest BCUT2D eigenvalue weighted by Crippen LogP contribution is 2.27. The van der Waals surface area contributed by atoms with Crippen molar-refractivity contribution in [3.05, 3.63) is 65.7 Å². The van der Waals surface area contributed by atoms with Crippen LogP contribution in [0.2, 0.25) is 0 Å². The van der Waals surface area contributed by atoms with Crippen LogP contribution in [0.15, 0.2) is 48.5 Å². The van der Waals surface area contributed by atoms with Crippen molar-refractivity contribution in [3.8, 4) is 0 Å². The topological polar surface area (TPSA) is 80.0 Å². The lowest BCUT2D eigenvalue weighted by Crippen LogP contribution is -2.29. The van der Waals surface area contributed by atoms with Crippen LogP contribution in [0.5, 0.6) is 0 Å². The summed E-state index contributed by atoms with van der Waals surface area (Å²) in [6, 6.07) is 14.4. The summed E-state index contributed by atoms with van der Waals surface area (Å²) in [4.78, 5) is 15.1. The van der Waals surface area contributed by atoms with Crippen LogP contribution in [-0.2, 0) is 13.0 Å². The molecule has 0 spiro atoms. The van der Waals surface area contributed by atoms with E-state index in [1.807, 2.05) is 6.07 Å². The maximum absolute atomic E-state index is 13.0. The minimum atomic E-state index is -0.296. The zero-order valence-electron chi connectivity index (χ0n) is 14.2.